The molecule has 3 saturated heterocycles. The molecule has 3 heterocycles. The molecule has 0 radical (unpaired) electrons. The van der Waals surface area contributed by atoms with Gasteiger partial charge in [0.2, 0.25) is 0 Å². The van der Waals surface area contributed by atoms with E-state index in [4.69, 9.17) is 9.47 Å². The molecule has 3 aliphatic heterocycles. The number of ether oxygens (including phenoxy) is 2. The van der Waals surface area contributed by atoms with Crippen molar-refractivity contribution in [1.82, 2.24) is 0 Å². The van der Waals surface area contributed by atoms with E-state index in [1.54, 1.807) is 0 Å². The van der Waals surface area contributed by atoms with Crippen LogP contribution in [-0.2, 0) is 14.3 Å². The minimum atomic E-state index is -0.125. The lowest BCUT2D eigenvalue weighted by Gasteiger charge is -2.38. The molecule has 3 nitrogen and oxygen atoms in total. The summed E-state index contributed by atoms with van der Waals surface area (Å²) in [6.07, 6.45) is 8.59. The molecule has 0 unspecified atom stereocenters. The van der Waals surface area contributed by atoms with Gasteiger partial charge in [-0.15, -0.1) is 0 Å². The van der Waals surface area contributed by atoms with Gasteiger partial charge < -0.3 is 9.47 Å². The highest BCUT2D eigenvalue weighted by Gasteiger charge is 2.66. The monoisotopic (exact) mass is 222 g/mol. The Balaban J connectivity index is 1.72. The van der Waals surface area contributed by atoms with E-state index in [-0.39, 0.29) is 23.6 Å². The third-order valence-electron chi connectivity index (χ3n) is 5.16. The summed E-state index contributed by atoms with van der Waals surface area (Å²) >= 11 is 0. The van der Waals surface area contributed by atoms with Crippen molar-refractivity contribution in [2.75, 3.05) is 0 Å². The van der Waals surface area contributed by atoms with Gasteiger partial charge in [-0.1, -0.05) is 6.42 Å². The molecular weight excluding hydrogens is 204 g/mol. The predicted molar refractivity (Wildman–Crippen MR) is 56.8 cm³/mol. The highest BCUT2D eigenvalue weighted by atomic mass is 16.6. The van der Waals surface area contributed by atoms with E-state index in [1.165, 1.54) is 19.3 Å². The average molecular weight is 222 g/mol. The number of rotatable bonds is 0. The Morgan fingerprint density at radius 3 is 2.62 bits per heavy atom. The van der Waals surface area contributed by atoms with Crippen molar-refractivity contribution in [1.29, 1.82) is 0 Å². The van der Waals surface area contributed by atoms with E-state index in [0.717, 1.165) is 25.7 Å². The van der Waals surface area contributed by atoms with Crippen molar-refractivity contribution >= 4 is 5.97 Å². The zero-order valence-corrected chi connectivity index (χ0v) is 9.48. The minimum absolute atomic E-state index is 0.0408. The first-order valence-electron chi connectivity index (χ1n) is 6.68. The summed E-state index contributed by atoms with van der Waals surface area (Å²) in [5.74, 6) is 0.509. The summed E-state index contributed by atoms with van der Waals surface area (Å²) < 4.78 is 11.8. The van der Waals surface area contributed by atoms with Gasteiger partial charge in [-0.2, -0.15) is 0 Å². The van der Waals surface area contributed by atoms with Crippen LogP contribution in [0.2, 0.25) is 0 Å². The smallest absolute Gasteiger partial charge is 0.312 e. The Kier molecular flexibility index (Phi) is 1.78. The second-order valence-electron chi connectivity index (χ2n) is 5.89. The number of carbonyl (C=O) groups excluding carboxylic acids is 1. The molecule has 0 aromatic carbocycles. The quantitative estimate of drug-likeness (QED) is 0.588. The standard InChI is InChI=1S/C13H18O3/c14-12-10-8-4-5-9(15-8)11(10)13(16-12)6-2-1-3-7-13/h8-11H,1-7H2/t8-,9+,10-,11+/m1/s1. The molecule has 4 atom stereocenters. The zero-order valence-electron chi connectivity index (χ0n) is 9.48. The highest BCUT2D eigenvalue weighted by Crippen LogP contribution is 2.57. The number of carbonyl (C=O) groups is 1. The molecule has 16 heavy (non-hydrogen) atoms. The third-order valence-corrected chi connectivity index (χ3v) is 5.16. The third kappa shape index (κ3) is 1.01. The van der Waals surface area contributed by atoms with Gasteiger partial charge in [0.1, 0.15) is 5.60 Å². The van der Waals surface area contributed by atoms with Gasteiger partial charge in [0, 0.05) is 5.92 Å². The fourth-order valence-corrected chi connectivity index (χ4v) is 4.57. The van der Waals surface area contributed by atoms with Crippen molar-refractivity contribution < 1.29 is 14.3 Å². The van der Waals surface area contributed by atoms with Gasteiger partial charge in [0.15, 0.2) is 0 Å². The molecule has 0 amide bonds. The molecule has 4 fully saturated rings. The van der Waals surface area contributed by atoms with Crippen LogP contribution in [0.25, 0.3) is 0 Å². The largest absolute Gasteiger partial charge is 0.458 e. The number of esters is 1. The maximum Gasteiger partial charge on any atom is 0.312 e. The van der Waals surface area contributed by atoms with Gasteiger partial charge in [0.05, 0.1) is 18.1 Å². The van der Waals surface area contributed by atoms with Gasteiger partial charge in [0.25, 0.3) is 0 Å². The summed E-state index contributed by atoms with van der Waals surface area (Å²) in [6.45, 7) is 0. The number of hydrogen-bond acceptors (Lipinski definition) is 3. The van der Waals surface area contributed by atoms with Crippen molar-refractivity contribution in [3.63, 3.8) is 0 Å². The van der Waals surface area contributed by atoms with Crippen LogP contribution in [0.15, 0.2) is 0 Å². The second kappa shape index (κ2) is 3.00. The Labute approximate surface area is 95.5 Å². The lowest BCUT2D eigenvalue weighted by molar-refractivity contribution is -0.158. The molecule has 88 valence electrons. The molecule has 3 heteroatoms. The molecule has 0 N–H and O–H groups in total. The van der Waals surface area contributed by atoms with E-state index in [1.807, 2.05) is 0 Å². The molecule has 2 bridgehead atoms. The minimum Gasteiger partial charge on any atom is -0.458 e. The van der Waals surface area contributed by atoms with Crippen LogP contribution < -0.4 is 0 Å². The van der Waals surface area contributed by atoms with Crippen LogP contribution in [0.1, 0.15) is 44.9 Å². The van der Waals surface area contributed by atoms with Crippen LogP contribution in [0, 0.1) is 11.8 Å². The first-order chi connectivity index (χ1) is 7.80. The molecule has 4 aliphatic rings. The van der Waals surface area contributed by atoms with Crippen LogP contribution in [-0.4, -0.2) is 23.8 Å². The van der Waals surface area contributed by atoms with Gasteiger partial charge >= 0.3 is 5.97 Å². The Hall–Kier alpha value is -0.570. The normalized spacial score (nSPS) is 48.4. The van der Waals surface area contributed by atoms with Gasteiger partial charge in [-0.25, -0.2) is 0 Å². The van der Waals surface area contributed by atoms with Crippen molar-refractivity contribution in [3.8, 4) is 0 Å². The summed E-state index contributed by atoms with van der Waals surface area (Å²) in [7, 11) is 0. The molecule has 0 aromatic rings. The van der Waals surface area contributed by atoms with E-state index < -0.39 is 0 Å². The van der Waals surface area contributed by atoms with E-state index >= 15 is 0 Å². The summed E-state index contributed by atoms with van der Waals surface area (Å²) in [5, 5.41) is 0. The molecular formula is C13H18O3. The Bertz CT molecular complexity index is 332. The summed E-state index contributed by atoms with van der Waals surface area (Å²) in [5.41, 5.74) is -0.125. The SMILES string of the molecule is O=C1OC2(CCCCC2)[C@@H]2[C@H]1[C@H]1CC[C@@H]2O1. The number of hydrogen-bond donors (Lipinski definition) is 0. The van der Waals surface area contributed by atoms with Gasteiger partial charge in [-0.05, 0) is 38.5 Å². The van der Waals surface area contributed by atoms with Crippen molar-refractivity contribution in [2.24, 2.45) is 11.8 Å². The summed E-state index contributed by atoms with van der Waals surface area (Å²) in [6, 6.07) is 0. The molecule has 4 rings (SSSR count). The van der Waals surface area contributed by atoms with E-state index in [2.05, 4.69) is 0 Å². The van der Waals surface area contributed by atoms with Crippen LogP contribution in [0.4, 0.5) is 0 Å². The molecule has 0 aromatic heterocycles. The fraction of sp³-hybridized carbons (Fsp3) is 0.923. The van der Waals surface area contributed by atoms with Crippen molar-refractivity contribution in [3.05, 3.63) is 0 Å². The maximum absolute atomic E-state index is 12.0. The Morgan fingerprint density at radius 1 is 1.06 bits per heavy atom. The van der Waals surface area contributed by atoms with Crippen LogP contribution in [0.3, 0.4) is 0 Å². The summed E-state index contributed by atoms with van der Waals surface area (Å²) in [4.78, 5) is 12.0. The zero-order chi connectivity index (χ0) is 10.8. The fourth-order valence-electron chi connectivity index (χ4n) is 4.57. The van der Waals surface area contributed by atoms with Crippen molar-refractivity contribution in [2.45, 2.75) is 62.8 Å². The first kappa shape index (κ1) is 9.46. The van der Waals surface area contributed by atoms with E-state index in [0.29, 0.717) is 12.0 Å². The molecule has 1 saturated carbocycles. The topological polar surface area (TPSA) is 35.5 Å². The highest BCUT2D eigenvalue weighted by molar-refractivity contribution is 5.77. The number of fused-ring (bicyclic) bond motifs is 6. The van der Waals surface area contributed by atoms with E-state index in [9.17, 15) is 4.79 Å². The van der Waals surface area contributed by atoms with Gasteiger partial charge in [-0.3, -0.25) is 4.79 Å². The maximum atomic E-state index is 12.0. The average Bonchev–Trinajstić information content (AvgIpc) is 2.94. The lowest BCUT2D eigenvalue weighted by atomic mass is 9.67. The van der Waals surface area contributed by atoms with Crippen LogP contribution >= 0.6 is 0 Å². The predicted octanol–water partition coefficient (Wildman–Crippen LogP) is 2.04. The Morgan fingerprint density at radius 2 is 1.81 bits per heavy atom. The van der Waals surface area contributed by atoms with Crippen LogP contribution in [0.5, 0.6) is 0 Å². The molecule has 1 spiro atoms. The molecule has 1 aliphatic carbocycles. The second-order valence-corrected chi connectivity index (χ2v) is 5.89. The first-order valence-corrected chi connectivity index (χ1v) is 6.68. The lowest BCUT2D eigenvalue weighted by Crippen LogP contribution is -2.43.